The van der Waals surface area contributed by atoms with Crippen molar-refractivity contribution in [1.29, 1.82) is 0 Å². The molecule has 0 spiro atoms. The van der Waals surface area contributed by atoms with E-state index < -0.39 is 11.9 Å². The Morgan fingerprint density at radius 3 is 2.39 bits per heavy atom. The molecule has 0 atom stereocenters. The number of hydrogen-bond donors (Lipinski definition) is 3. The molecule has 0 fully saturated rings. The minimum atomic E-state index is -0.541. The van der Waals surface area contributed by atoms with E-state index in [0.717, 1.165) is 0 Å². The van der Waals surface area contributed by atoms with E-state index in [-0.39, 0.29) is 5.76 Å². The summed E-state index contributed by atoms with van der Waals surface area (Å²) in [5, 5.41) is 2.55. The van der Waals surface area contributed by atoms with Crippen molar-refractivity contribution in [3.63, 3.8) is 0 Å². The van der Waals surface area contributed by atoms with Gasteiger partial charge in [0.05, 0.1) is 6.26 Å². The molecule has 0 aliphatic rings. The smallest absolute Gasteiger partial charge is 0.337 e. The number of urea groups is 1. The number of rotatable bonds is 2. The van der Waals surface area contributed by atoms with Crippen LogP contribution in [0.3, 0.4) is 0 Å². The summed E-state index contributed by atoms with van der Waals surface area (Å²) < 4.78 is 4.86. The predicted octanol–water partition coefficient (Wildman–Crippen LogP) is 1.75. The van der Waals surface area contributed by atoms with Crippen LogP contribution in [0.2, 0.25) is 0 Å². The molecule has 0 aliphatic heterocycles. The minimum Gasteiger partial charge on any atom is -0.459 e. The molecule has 3 N–H and O–H groups in total. The van der Waals surface area contributed by atoms with E-state index in [1.807, 2.05) is 6.07 Å². The van der Waals surface area contributed by atoms with Gasteiger partial charge in [-0.3, -0.25) is 10.2 Å². The molecule has 1 aromatic carbocycles. The van der Waals surface area contributed by atoms with Crippen molar-refractivity contribution in [2.45, 2.75) is 0 Å². The van der Waals surface area contributed by atoms with Gasteiger partial charge >= 0.3 is 11.9 Å². The average molecular weight is 245 g/mol. The molecule has 3 amide bonds. The average Bonchev–Trinajstić information content (AvgIpc) is 2.91. The first-order chi connectivity index (χ1) is 8.75. The normalized spacial score (nSPS) is 9.56. The van der Waals surface area contributed by atoms with Crippen molar-refractivity contribution in [3.05, 3.63) is 54.5 Å². The minimum absolute atomic E-state index is 0.120. The van der Waals surface area contributed by atoms with Crippen LogP contribution >= 0.6 is 0 Å². The summed E-state index contributed by atoms with van der Waals surface area (Å²) in [6.07, 6.45) is 1.37. The maximum absolute atomic E-state index is 11.4. The molecule has 1 aromatic heterocycles. The Balaban J connectivity index is 1.80. The summed E-state index contributed by atoms with van der Waals surface area (Å²) in [7, 11) is 0. The SMILES string of the molecule is O=C(NNC(=O)c1ccco1)Nc1ccccc1. The fourth-order valence-electron chi connectivity index (χ4n) is 1.27. The number of carbonyl (C=O) groups excluding carboxylic acids is 2. The Morgan fingerprint density at radius 2 is 1.72 bits per heavy atom. The molecule has 1 heterocycles. The third kappa shape index (κ3) is 3.11. The summed E-state index contributed by atoms with van der Waals surface area (Å²) in [5.74, 6) is -0.404. The summed E-state index contributed by atoms with van der Waals surface area (Å²) in [4.78, 5) is 22.8. The van der Waals surface area contributed by atoms with Crippen LogP contribution in [0.5, 0.6) is 0 Å². The zero-order chi connectivity index (χ0) is 12.8. The summed E-state index contributed by atoms with van der Waals surface area (Å²) in [5.41, 5.74) is 5.05. The molecule has 92 valence electrons. The summed E-state index contributed by atoms with van der Waals surface area (Å²) >= 11 is 0. The second kappa shape index (κ2) is 5.53. The zero-order valence-electron chi connectivity index (χ0n) is 9.34. The Morgan fingerprint density at radius 1 is 0.944 bits per heavy atom. The fourth-order valence-corrected chi connectivity index (χ4v) is 1.27. The van der Waals surface area contributed by atoms with E-state index in [4.69, 9.17) is 4.42 Å². The first kappa shape index (κ1) is 11.7. The van der Waals surface area contributed by atoms with Crippen molar-refractivity contribution in [3.8, 4) is 0 Å². The van der Waals surface area contributed by atoms with Crippen molar-refractivity contribution >= 4 is 17.6 Å². The largest absolute Gasteiger partial charge is 0.459 e. The van der Waals surface area contributed by atoms with Gasteiger partial charge in [-0.1, -0.05) is 18.2 Å². The van der Waals surface area contributed by atoms with Crippen LogP contribution in [-0.2, 0) is 0 Å². The monoisotopic (exact) mass is 245 g/mol. The maximum atomic E-state index is 11.4. The summed E-state index contributed by atoms with van der Waals surface area (Å²) in [6.45, 7) is 0. The van der Waals surface area contributed by atoms with E-state index in [1.165, 1.54) is 12.3 Å². The van der Waals surface area contributed by atoms with Gasteiger partial charge < -0.3 is 9.73 Å². The van der Waals surface area contributed by atoms with Gasteiger partial charge in [-0.05, 0) is 24.3 Å². The van der Waals surface area contributed by atoms with E-state index >= 15 is 0 Å². The lowest BCUT2D eigenvalue weighted by Crippen LogP contribution is -2.43. The number of amides is 3. The Labute approximate surface area is 103 Å². The van der Waals surface area contributed by atoms with Crippen LogP contribution in [0.1, 0.15) is 10.6 Å². The third-order valence-electron chi connectivity index (χ3n) is 2.07. The van der Waals surface area contributed by atoms with E-state index in [1.54, 1.807) is 30.3 Å². The zero-order valence-corrected chi connectivity index (χ0v) is 9.34. The number of furan rings is 1. The molecule has 2 rings (SSSR count). The van der Waals surface area contributed by atoms with Gasteiger partial charge in [-0.25, -0.2) is 10.2 Å². The van der Waals surface area contributed by atoms with E-state index in [2.05, 4.69) is 16.2 Å². The molecule has 6 heteroatoms. The second-order valence-electron chi connectivity index (χ2n) is 3.38. The van der Waals surface area contributed by atoms with Gasteiger partial charge in [0, 0.05) is 5.69 Å². The molecule has 0 aliphatic carbocycles. The van der Waals surface area contributed by atoms with E-state index in [0.29, 0.717) is 5.69 Å². The highest BCUT2D eigenvalue weighted by Gasteiger charge is 2.09. The number of hydrogen-bond acceptors (Lipinski definition) is 3. The van der Waals surface area contributed by atoms with Gasteiger partial charge in [0.2, 0.25) is 0 Å². The highest BCUT2D eigenvalue weighted by atomic mass is 16.3. The molecule has 6 nitrogen and oxygen atoms in total. The molecule has 0 saturated heterocycles. The summed E-state index contributed by atoms with van der Waals surface area (Å²) in [6, 6.07) is 11.4. The van der Waals surface area contributed by atoms with Crippen LogP contribution in [0.25, 0.3) is 0 Å². The fraction of sp³-hybridized carbons (Fsp3) is 0. The lowest BCUT2D eigenvalue weighted by atomic mass is 10.3. The van der Waals surface area contributed by atoms with Crippen LogP contribution in [0, 0.1) is 0 Å². The molecule has 0 bridgehead atoms. The number of carbonyl (C=O) groups is 2. The standard InChI is InChI=1S/C12H11N3O3/c16-11(10-7-4-8-18-10)14-15-12(17)13-9-5-2-1-3-6-9/h1-8H,(H,14,16)(H2,13,15,17). The Bertz CT molecular complexity index is 523. The van der Waals surface area contributed by atoms with Crippen molar-refractivity contribution in [1.82, 2.24) is 10.9 Å². The number of hydrazine groups is 1. The van der Waals surface area contributed by atoms with Crippen LogP contribution in [0.15, 0.2) is 53.1 Å². The van der Waals surface area contributed by atoms with E-state index in [9.17, 15) is 9.59 Å². The maximum Gasteiger partial charge on any atom is 0.337 e. The van der Waals surface area contributed by atoms with Gasteiger partial charge in [-0.15, -0.1) is 0 Å². The van der Waals surface area contributed by atoms with Crippen LogP contribution in [-0.4, -0.2) is 11.9 Å². The predicted molar refractivity (Wildman–Crippen MR) is 64.8 cm³/mol. The van der Waals surface area contributed by atoms with Gasteiger partial charge in [0.25, 0.3) is 0 Å². The molecular weight excluding hydrogens is 234 g/mol. The highest BCUT2D eigenvalue weighted by Crippen LogP contribution is 2.04. The topological polar surface area (TPSA) is 83.4 Å². The van der Waals surface area contributed by atoms with Gasteiger partial charge in [-0.2, -0.15) is 0 Å². The Hall–Kier alpha value is -2.76. The quantitative estimate of drug-likeness (QED) is 0.705. The highest BCUT2D eigenvalue weighted by molar-refractivity contribution is 5.95. The Kier molecular flexibility index (Phi) is 3.60. The van der Waals surface area contributed by atoms with Crippen molar-refractivity contribution in [2.24, 2.45) is 0 Å². The first-order valence-corrected chi connectivity index (χ1v) is 5.21. The second-order valence-corrected chi connectivity index (χ2v) is 3.38. The molecule has 0 radical (unpaired) electrons. The third-order valence-corrected chi connectivity index (χ3v) is 2.07. The molecule has 2 aromatic rings. The number of nitrogens with one attached hydrogen (secondary N) is 3. The first-order valence-electron chi connectivity index (χ1n) is 5.21. The van der Waals surface area contributed by atoms with Crippen LogP contribution in [0.4, 0.5) is 10.5 Å². The van der Waals surface area contributed by atoms with Crippen molar-refractivity contribution in [2.75, 3.05) is 5.32 Å². The number of para-hydroxylation sites is 1. The van der Waals surface area contributed by atoms with Gasteiger partial charge in [0.15, 0.2) is 5.76 Å². The number of benzene rings is 1. The number of anilines is 1. The van der Waals surface area contributed by atoms with Crippen molar-refractivity contribution < 1.29 is 14.0 Å². The lowest BCUT2D eigenvalue weighted by Gasteiger charge is -2.07. The lowest BCUT2D eigenvalue weighted by molar-refractivity contribution is 0.0910. The van der Waals surface area contributed by atoms with Crippen LogP contribution < -0.4 is 16.2 Å². The molecule has 0 unspecified atom stereocenters. The molecule has 0 saturated carbocycles. The van der Waals surface area contributed by atoms with Gasteiger partial charge in [0.1, 0.15) is 0 Å². The molecule has 18 heavy (non-hydrogen) atoms. The molecular formula is C12H11N3O3.